The van der Waals surface area contributed by atoms with Crippen LogP contribution in [0, 0.1) is 5.41 Å². The van der Waals surface area contributed by atoms with Crippen molar-refractivity contribution in [2.24, 2.45) is 11.1 Å². The van der Waals surface area contributed by atoms with Crippen LogP contribution in [0.1, 0.15) is 33.4 Å². The van der Waals surface area contributed by atoms with Crippen LogP contribution < -0.4 is 11.1 Å². The maximum absolute atomic E-state index is 6.14. The smallest absolute Gasteiger partial charge is 0.0794 e. The molecule has 0 aromatic carbocycles. The fraction of sp³-hybridized carbons (Fsp3) is 0.750. The molecular formula is C12H23N3S. The van der Waals surface area contributed by atoms with E-state index in [1.165, 1.54) is 5.69 Å². The highest BCUT2D eigenvalue weighted by molar-refractivity contribution is 7.07. The van der Waals surface area contributed by atoms with E-state index in [1.54, 1.807) is 11.3 Å². The first-order valence-electron chi connectivity index (χ1n) is 5.69. The fourth-order valence-electron chi connectivity index (χ4n) is 1.21. The van der Waals surface area contributed by atoms with E-state index in [9.17, 15) is 0 Å². The zero-order chi connectivity index (χ0) is 12.2. The maximum atomic E-state index is 6.14. The van der Waals surface area contributed by atoms with E-state index in [0.717, 1.165) is 19.5 Å². The molecule has 1 aromatic heterocycles. The zero-order valence-electron chi connectivity index (χ0n) is 10.7. The summed E-state index contributed by atoms with van der Waals surface area (Å²) in [5.41, 5.74) is 9.11. The maximum Gasteiger partial charge on any atom is 0.0794 e. The van der Waals surface area contributed by atoms with Gasteiger partial charge in [-0.3, -0.25) is 0 Å². The molecular weight excluding hydrogens is 218 g/mol. The SMILES string of the molecule is CC(C)(N)C(C)(C)CNCCc1cscn1. The van der Waals surface area contributed by atoms with Gasteiger partial charge in [-0.1, -0.05) is 13.8 Å². The van der Waals surface area contributed by atoms with Gasteiger partial charge >= 0.3 is 0 Å². The summed E-state index contributed by atoms with van der Waals surface area (Å²) in [6.07, 6.45) is 0.991. The number of nitrogens with one attached hydrogen (secondary N) is 1. The van der Waals surface area contributed by atoms with Crippen LogP contribution in [-0.2, 0) is 6.42 Å². The summed E-state index contributed by atoms with van der Waals surface area (Å²) in [5, 5.41) is 5.55. The molecule has 3 nitrogen and oxygen atoms in total. The second-order valence-electron chi connectivity index (χ2n) is 5.51. The molecule has 0 bridgehead atoms. The number of hydrogen-bond donors (Lipinski definition) is 2. The van der Waals surface area contributed by atoms with Crippen LogP contribution in [0.3, 0.4) is 0 Å². The molecule has 0 saturated carbocycles. The molecule has 16 heavy (non-hydrogen) atoms. The van der Waals surface area contributed by atoms with Gasteiger partial charge in [0.25, 0.3) is 0 Å². The molecule has 1 heterocycles. The molecule has 1 aromatic rings. The van der Waals surface area contributed by atoms with E-state index in [-0.39, 0.29) is 11.0 Å². The number of rotatable bonds is 6. The Kier molecular flexibility index (Phi) is 4.47. The summed E-state index contributed by atoms with van der Waals surface area (Å²) < 4.78 is 0. The largest absolute Gasteiger partial charge is 0.325 e. The summed E-state index contributed by atoms with van der Waals surface area (Å²) in [6.45, 7) is 10.4. The Morgan fingerprint density at radius 3 is 2.56 bits per heavy atom. The van der Waals surface area contributed by atoms with Gasteiger partial charge in [-0.25, -0.2) is 4.98 Å². The normalized spacial score (nSPS) is 13.1. The number of hydrogen-bond acceptors (Lipinski definition) is 4. The van der Waals surface area contributed by atoms with Crippen molar-refractivity contribution in [2.45, 2.75) is 39.7 Å². The Bertz CT molecular complexity index is 299. The van der Waals surface area contributed by atoms with Crippen LogP contribution in [0.5, 0.6) is 0 Å². The van der Waals surface area contributed by atoms with E-state index < -0.39 is 0 Å². The van der Waals surface area contributed by atoms with Crippen molar-refractivity contribution in [1.82, 2.24) is 10.3 Å². The van der Waals surface area contributed by atoms with Gasteiger partial charge in [0.2, 0.25) is 0 Å². The molecule has 0 atom stereocenters. The van der Waals surface area contributed by atoms with Crippen LogP contribution in [0.15, 0.2) is 10.9 Å². The van der Waals surface area contributed by atoms with Crippen molar-refractivity contribution in [3.8, 4) is 0 Å². The second-order valence-corrected chi connectivity index (χ2v) is 6.23. The average Bonchev–Trinajstić information content (AvgIpc) is 2.63. The van der Waals surface area contributed by atoms with E-state index in [1.807, 2.05) is 5.51 Å². The molecule has 0 saturated heterocycles. The van der Waals surface area contributed by atoms with Gasteiger partial charge < -0.3 is 11.1 Å². The monoisotopic (exact) mass is 241 g/mol. The lowest BCUT2D eigenvalue weighted by molar-refractivity contribution is 0.196. The van der Waals surface area contributed by atoms with Crippen molar-refractivity contribution in [3.05, 3.63) is 16.6 Å². The predicted octanol–water partition coefficient (Wildman–Crippen LogP) is 2.04. The van der Waals surface area contributed by atoms with Gasteiger partial charge in [-0.2, -0.15) is 0 Å². The van der Waals surface area contributed by atoms with E-state index in [4.69, 9.17) is 5.73 Å². The van der Waals surface area contributed by atoms with Crippen molar-refractivity contribution in [1.29, 1.82) is 0 Å². The summed E-state index contributed by atoms with van der Waals surface area (Å²) in [4.78, 5) is 4.25. The average molecular weight is 241 g/mol. The molecule has 0 fully saturated rings. The molecule has 1 rings (SSSR count). The number of nitrogens with two attached hydrogens (primary N) is 1. The zero-order valence-corrected chi connectivity index (χ0v) is 11.5. The quantitative estimate of drug-likeness (QED) is 0.749. The third-order valence-corrected chi connectivity index (χ3v) is 3.99. The number of aromatic nitrogens is 1. The molecule has 0 radical (unpaired) electrons. The molecule has 0 aliphatic rings. The molecule has 0 amide bonds. The topological polar surface area (TPSA) is 50.9 Å². The van der Waals surface area contributed by atoms with Crippen molar-refractivity contribution >= 4 is 11.3 Å². The third-order valence-electron chi connectivity index (χ3n) is 3.35. The highest BCUT2D eigenvalue weighted by atomic mass is 32.1. The molecule has 0 aliphatic carbocycles. The van der Waals surface area contributed by atoms with Gasteiger partial charge in [0.05, 0.1) is 11.2 Å². The molecule has 92 valence electrons. The lowest BCUT2D eigenvalue weighted by Crippen LogP contribution is -2.52. The summed E-state index contributed by atoms with van der Waals surface area (Å²) in [5.74, 6) is 0. The highest BCUT2D eigenvalue weighted by Gasteiger charge is 2.32. The van der Waals surface area contributed by atoms with Crippen LogP contribution in [-0.4, -0.2) is 23.6 Å². The minimum Gasteiger partial charge on any atom is -0.325 e. The Labute approximate surface area is 102 Å². The molecule has 4 heteroatoms. The van der Waals surface area contributed by atoms with Crippen LogP contribution in [0.2, 0.25) is 0 Å². The van der Waals surface area contributed by atoms with Crippen molar-refractivity contribution < 1.29 is 0 Å². The van der Waals surface area contributed by atoms with E-state index in [2.05, 4.69) is 43.4 Å². The Morgan fingerprint density at radius 1 is 1.38 bits per heavy atom. The van der Waals surface area contributed by atoms with Gasteiger partial charge in [0.15, 0.2) is 0 Å². The van der Waals surface area contributed by atoms with Gasteiger partial charge in [-0.05, 0) is 19.3 Å². The lowest BCUT2D eigenvalue weighted by atomic mass is 9.75. The standard InChI is InChI=1S/C12H23N3S/c1-11(2,12(3,4)13)8-14-6-5-10-7-16-9-15-10/h7,9,14H,5-6,8,13H2,1-4H3. The first kappa shape index (κ1) is 13.6. The number of nitrogens with zero attached hydrogens (tertiary/aromatic N) is 1. The van der Waals surface area contributed by atoms with Gasteiger partial charge in [-0.15, -0.1) is 11.3 Å². The second kappa shape index (κ2) is 5.25. The predicted molar refractivity (Wildman–Crippen MR) is 70.7 cm³/mol. The van der Waals surface area contributed by atoms with E-state index >= 15 is 0 Å². The molecule has 0 unspecified atom stereocenters. The Morgan fingerprint density at radius 2 is 2.06 bits per heavy atom. The molecule has 0 aliphatic heterocycles. The van der Waals surface area contributed by atoms with Crippen molar-refractivity contribution in [2.75, 3.05) is 13.1 Å². The lowest BCUT2D eigenvalue weighted by Gasteiger charge is -2.38. The third kappa shape index (κ3) is 3.85. The van der Waals surface area contributed by atoms with Crippen LogP contribution in [0.4, 0.5) is 0 Å². The first-order chi connectivity index (χ1) is 7.33. The van der Waals surface area contributed by atoms with Gasteiger partial charge in [0.1, 0.15) is 0 Å². The Balaban J connectivity index is 2.25. The van der Waals surface area contributed by atoms with Crippen LogP contribution in [0.25, 0.3) is 0 Å². The Hall–Kier alpha value is -0.450. The summed E-state index contributed by atoms with van der Waals surface area (Å²) in [7, 11) is 0. The van der Waals surface area contributed by atoms with Crippen molar-refractivity contribution in [3.63, 3.8) is 0 Å². The fourth-order valence-corrected chi connectivity index (χ4v) is 1.80. The first-order valence-corrected chi connectivity index (χ1v) is 6.64. The minimum atomic E-state index is -0.166. The summed E-state index contributed by atoms with van der Waals surface area (Å²) in [6, 6.07) is 0. The van der Waals surface area contributed by atoms with Gasteiger partial charge in [0, 0.05) is 30.4 Å². The van der Waals surface area contributed by atoms with E-state index in [0.29, 0.717) is 0 Å². The molecule has 0 spiro atoms. The van der Waals surface area contributed by atoms with Crippen LogP contribution >= 0.6 is 11.3 Å². The minimum absolute atomic E-state index is 0.0923. The number of thiazole rings is 1. The summed E-state index contributed by atoms with van der Waals surface area (Å²) >= 11 is 1.65. The molecule has 3 N–H and O–H groups in total. The highest BCUT2D eigenvalue weighted by Crippen LogP contribution is 2.26.